The molecule has 0 bridgehead atoms. The molecule has 2 heterocycles. The Morgan fingerprint density at radius 2 is 2.21 bits per heavy atom. The first-order valence-corrected chi connectivity index (χ1v) is 6.86. The van der Waals surface area contributed by atoms with Crippen molar-refractivity contribution < 1.29 is 14.3 Å². The fourth-order valence-electron chi connectivity index (χ4n) is 2.65. The Bertz CT molecular complexity index is 454. The third-order valence-corrected chi connectivity index (χ3v) is 3.80. The maximum absolute atomic E-state index is 12.2. The quantitative estimate of drug-likeness (QED) is 0.826. The van der Waals surface area contributed by atoms with E-state index in [9.17, 15) is 4.79 Å². The smallest absolute Gasteiger partial charge is 0.152 e. The van der Waals surface area contributed by atoms with E-state index < -0.39 is 0 Å². The molecule has 4 heteroatoms. The normalized spacial score (nSPS) is 23.5. The van der Waals surface area contributed by atoms with Gasteiger partial charge >= 0.3 is 0 Å². The lowest BCUT2D eigenvalue weighted by Gasteiger charge is -2.19. The number of hydrogen-bond acceptors (Lipinski definition) is 4. The molecule has 1 aromatic carbocycles. The molecule has 102 valence electrons. The first-order chi connectivity index (χ1) is 9.33. The van der Waals surface area contributed by atoms with Crippen LogP contribution in [0.2, 0.25) is 0 Å². The van der Waals surface area contributed by atoms with Gasteiger partial charge in [0.1, 0.15) is 12.4 Å². The standard InChI is InChI=1S/C15H19NO3/c17-14(13-5-7-18-11-13)10-16-6-8-19-15-4-2-1-3-12(15)9-16/h1-4,13H,5-11H2. The average molecular weight is 261 g/mol. The zero-order valence-electron chi connectivity index (χ0n) is 11.0. The molecule has 0 radical (unpaired) electrons. The van der Waals surface area contributed by atoms with Crippen molar-refractivity contribution in [3.05, 3.63) is 29.8 Å². The monoisotopic (exact) mass is 261 g/mol. The fraction of sp³-hybridized carbons (Fsp3) is 0.533. The number of carbonyl (C=O) groups is 1. The number of carbonyl (C=O) groups excluding carboxylic acids is 1. The highest BCUT2D eigenvalue weighted by molar-refractivity contribution is 5.83. The number of fused-ring (bicyclic) bond motifs is 1. The van der Waals surface area contributed by atoms with E-state index in [4.69, 9.17) is 9.47 Å². The number of nitrogens with zero attached hydrogens (tertiary/aromatic N) is 1. The molecular weight excluding hydrogens is 242 g/mol. The molecule has 2 aliphatic heterocycles. The summed E-state index contributed by atoms with van der Waals surface area (Å²) < 4.78 is 11.0. The molecular formula is C15H19NO3. The molecule has 19 heavy (non-hydrogen) atoms. The minimum atomic E-state index is 0.0967. The maximum Gasteiger partial charge on any atom is 0.152 e. The molecule has 1 atom stereocenters. The highest BCUT2D eigenvalue weighted by atomic mass is 16.5. The minimum Gasteiger partial charge on any atom is -0.492 e. The summed E-state index contributed by atoms with van der Waals surface area (Å²) in [6, 6.07) is 8.05. The van der Waals surface area contributed by atoms with Gasteiger partial charge < -0.3 is 9.47 Å². The van der Waals surface area contributed by atoms with E-state index in [2.05, 4.69) is 11.0 Å². The first kappa shape index (κ1) is 12.6. The zero-order chi connectivity index (χ0) is 13.1. The lowest BCUT2D eigenvalue weighted by Crippen LogP contribution is -2.34. The minimum absolute atomic E-state index is 0.0967. The molecule has 1 saturated heterocycles. The van der Waals surface area contributed by atoms with Gasteiger partial charge in [-0.25, -0.2) is 0 Å². The van der Waals surface area contributed by atoms with Crippen LogP contribution in [0.4, 0.5) is 0 Å². The topological polar surface area (TPSA) is 38.8 Å². The van der Waals surface area contributed by atoms with Crippen LogP contribution in [0.15, 0.2) is 24.3 Å². The Labute approximate surface area is 113 Å². The molecule has 0 aliphatic carbocycles. The van der Waals surface area contributed by atoms with Crippen molar-refractivity contribution in [1.82, 2.24) is 4.90 Å². The molecule has 0 N–H and O–H groups in total. The third kappa shape index (κ3) is 2.96. The largest absolute Gasteiger partial charge is 0.492 e. The van der Waals surface area contributed by atoms with E-state index in [0.29, 0.717) is 25.5 Å². The second-order valence-electron chi connectivity index (χ2n) is 5.19. The Hall–Kier alpha value is -1.39. The number of ketones is 1. The number of rotatable bonds is 3. The van der Waals surface area contributed by atoms with Crippen molar-refractivity contribution in [3.8, 4) is 5.75 Å². The molecule has 0 spiro atoms. The number of Topliss-reactive ketones (excluding diaryl/α,β-unsaturated/α-hetero) is 1. The maximum atomic E-state index is 12.2. The van der Waals surface area contributed by atoms with Crippen LogP contribution in [0.1, 0.15) is 12.0 Å². The van der Waals surface area contributed by atoms with Crippen LogP contribution < -0.4 is 4.74 Å². The Morgan fingerprint density at radius 1 is 1.32 bits per heavy atom. The predicted octanol–water partition coefficient (Wildman–Crippen LogP) is 1.49. The van der Waals surface area contributed by atoms with E-state index in [1.54, 1.807) is 0 Å². The van der Waals surface area contributed by atoms with Crippen molar-refractivity contribution >= 4 is 5.78 Å². The van der Waals surface area contributed by atoms with Crippen LogP contribution in [-0.2, 0) is 16.1 Å². The second-order valence-corrected chi connectivity index (χ2v) is 5.19. The third-order valence-electron chi connectivity index (χ3n) is 3.80. The number of para-hydroxylation sites is 1. The van der Waals surface area contributed by atoms with Crippen LogP contribution in [0, 0.1) is 5.92 Å². The lowest BCUT2D eigenvalue weighted by molar-refractivity contribution is -0.124. The highest BCUT2D eigenvalue weighted by Crippen LogP contribution is 2.23. The average Bonchev–Trinajstić information content (AvgIpc) is 2.87. The Balaban J connectivity index is 1.64. The summed E-state index contributed by atoms with van der Waals surface area (Å²) in [5.74, 6) is 1.35. The van der Waals surface area contributed by atoms with E-state index in [-0.39, 0.29) is 5.92 Å². The number of ether oxygens (including phenoxy) is 2. The Kier molecular flexibility index (Phi) is 3.80. The van der Waals surface area contributed by atoms with Gasteiger partial charge in [0, 0.05) is 31.2 Å². The van der Waals surface area contributed by atoms with Crippen LogP contribution in [0.3, 0.4) is 0 Å². The van der Waals surface area contributed by atoms with E-state index in [1.165, 1.54) is 0 Å². The van der Waals surface area contributed by atoms with Crippen LogP contribution in [0.5, 0.6) is 5.75 Å². The summed E-state index contributed by atoms with van der Waals surface area (Å²) in [5.41, 5.74) is 1.16. The molecule has 1 fully saturated rings. The summed E-state index contributed by atoms with van der Waals surface area (Å²) in [7, 11) is 0. The van der Waals surface area contributed by atoms with Crippen LogP contribution in [0.25, 0.3) is 0 Å². The first-order valence-electron chi connectivity index (χ1n) is 6.86. The summed E-state index contributed by atoms with van der Waals surface area (Å²) in [6.45, 7) is 4.06. The zero-order valence-corrected chi connectivity index (χ0v) is 11.0. The van der Waals surface area contributed by atoms with Gasteiger partial charge in [0.25, 0.3) is 0 Å². The number of hydrogen-bond donors (Lipinski definition) is 0. The van der Waals surface area contributed by atoms with E-state index in [0.717, 1.165) is 37.4 Å². The summed E-state index contributed by atoms with van der Waals surface area (Å²) in [5, 5.41) is 0. The summed E-state index contributed by atoms with van der Waals surface area (Å²) in [4.78, 5) is 14.3. The SMILES string of the molecule is O=C(CN1CCOc2ccccc2C1)C1CCOC1. The van der Waals surface area contributed by atoms with Crippen LogP contribution >= 0.6 is 0 Å². The van der Waals surface area contributed by atoms with E-state index in [1.807, 2.05) is 18.2 Å². The van der Waals surface area contributed by atoms with Gasteiger partial charge in [0.05, 0.1) is 13.2 Å². The second kappa shape index (κ2) is 5.72. The highest BCUT2D eigenvalue weighted by Gasteiger charge is 2.26. The van der Waals surface area contributed by atoms with E-state index >= 15 is 0 Å². The van der Waals surface area contributed by atoms with Crippen molar-refractivity contribution in [2.24, 2.45) is 5.92 Å². The van der Waals surface area contributed by atoms with Crippen molar-refractivity contribution in [2.45, 2.75) is 13.0 Å². The van der Waals surface area contributed by atoms with Crippen LogP contribution in [-0.4, -0.2) is 43.6 Å². The van der Waals surface area contributed by atoms with Crippen molar-refractivity contribution in [3.63, 3.8) is 0 Å². The lowest BCUT2D eigenvalue weighted by atomic mass is 10.0. The molecule has 0 saturated carbocycles. The molecule has 0 aromatic heterocycles. The van der Waals surface area contributed by atoms with Gasteiger partial charge in [-0.1, -0.05) is 18.2 Å². The van der Waals surface area contributed by atoms with Gasteiger partial charge in [-0.15, -0.1) is 0 Å². The van der Waals surface area contributed by atoms with Crippen molar-refractivity contribution in [2.75, 3.05) is 32.9 Å². The summed E-state index contributed by atoms with van der Waals surface area (Å²) >= 11 is 0. The fourth-order valence-corrected chi connectivity index (χ4v) is 2.65. The van der Waals surface area contributed by atoms with Gasteiger partial charge in [-0.2, -0.15) is 0 Å². The van der Waals surface area contributed by atoms with Gasteiger partial charge in [-0.05, 0) is 12.5 Å². The van der Waals surface area contributed by atoms with Gasteiger partial charge in [-0.3, -0.25) is 9.69 Å². The Morgan fingerprint density at radius 3 is 3.05 bits per heavy atom. The van der Waals surface area contributed by atoms with Gasteiger partial charge in [0.15, 0.2) is 5.78 Å². The molecule has 4 nitrogen and oxygen atoms in total. The molecule has 0 amide bonds. The molecule has 1 aromatic rings. The molecule has 3 rings (SSSR count). The van der Waals surface area contributed by atoms with Gasteiger partial charge in [0.2, 0.25) is 0 Å². The van der Waals surface area contributed by atoms with Crippen molar-refractivity contribution in [1.29, 1.82) is 0 Å². The predicted molar refractivity (Wildman–Crippen MR) is 71.1 cm³/mol. The number of benzene rings is 1. The molecule has 2 aliphatic rings. The molecule has 1 unspecified atom stereocenters. The summed E-state index contributed by atoms with van der Waals surface area (Å²) in [6.07, 6.45) is 0.875.